The van der Waals surface area contributed by atoms with Gasteiger partial charge in [-0.15, -0.1) is 0 Å². The van der Waals surface area contributed by atoms with Gasteiger partial charge in [0.2, 0.25) is 0 Å². The molecule has 0 atom stereocenters. The van der Waals surface area contributed by atoms with E-state index in [0.29, 0.717) is 6.54 Å². The molecule has 2 aromatic rings. The van der Waals surface area contributed by atoms with Crippen LogP contribution in [-0.2, 0) is 13.6 Å². The van der Waals surface area contributed by atoms with Crippen LogP contribution in [0.5, 0.6) is 0 Å². The molecule has 6 heteroatoms. The van der Waals surface area contributed by atoms with E-state index >= 15 is 0 Å². The van der Waals surface area contributed by atoms with E-state index in [1.54, 1.807) is 36.3 Å². The fourth-order valence-electron chi connectivity index (χ4n) is 1.71. The maximum absolute atomic E-state index is 11.9. The van der Waals surface area contributed by atoms with Crippen molar-refractivity contribution in [3.8, 4) is 0 Å². The quantitative estimate of drug-likeness (QED) is 0.859. The molecule has 0 aliphatic carbocycles. The summed E-state index contributed by atoms with van der Waals surface area (Å²) in [6.45, 7) is 0.306. The first-order chi connectivity index (χ1) is 9.08. The Hall–Kier alpha value is -2.63. The van der Waals surface area contributed by atoms with E-state index in [-0.39, 0.29) is 11.1 Å². The minimum Gasteiger partial charge on any atom is -0.478 e. The van der Waals surface area contributed by atoms with E-state index in [9.17, 15) is 9.59 Å². The summed E-state index contributed by atoms with van der Waals surface area (Å²) in [5.41, 5.74) is 0.994. The Morgan fingerprint density at radius 1 is 1.32 bits per heavy atom. The predicted octanol–water partition coefficient (Wildman–Crippen LogP) is 1.05. The first kappa shape index (κ1) is 12.8. The van der Waals surface area contributed by atoms with E-state index in [4.69, 9.17) is 5.11 Å². The lowest BCUT2D eigenvalue weighted by Gasteiger charge is -2.06. The van der Waals surface area contributed by atoms with Gasteiger partial charge < -0.3 is 10.4 Å². The normalized spacial score (nSPS) is 10.2. The molecule has 1 heterocycles. The van der Waals surface area contributed by atoms with Crippen LogP contribution in [-0.4, -0.2) is 26.8 Å². The number of hydrogen-bond acceptors (Lipinski definition) is 3. The molecule has 1 aromatic carbocycles. The van der Waals surface area contributed by atoms with Gasteiger partial charge in [-0.05, 0) is 12.1 Å². The molecule has 0 aliphatic rings. The monoisotopic (exact) mass is 259 g/mol. The molecule has 1 amide bonds. The number of nitrogens with one attached hydrogen (secondary N) is 1. The highest BCUT2D eigenvalue weighted by Crippen LogP contribution is 2.09. The number of aromatic nitrogens is 2. The van der Waals surface area contributed by atoms with Crippen molar-refractivity contribution in [3.05, 3.63) is 53.3 Å². The predicted molar refractivity (Wildman–Crippen MR) is 67.8 cm³/mol. The summed E-state index contributed by atoms with van der Waals surface area (Å²) in [5.74, 6) is -1.53. The third kappa shape index (κ3) is 2.98. The van der Waals surface area contributed by atoms with Crippen LogP contribution in [0.1, 0.15) is 26.3 Å². The van der Waals surface area contributed by atoms with Crippen LogP contribution >= 0.6 is 0 Å². The van der Waals surface area contributed by atoms with E-state index in [1.165, 1.54) is 12.1 Å². The average Bonchev–Trinajstić information content (AvgIpc) is 2.81. The van der Waals surface area contributed by atoms with Crippen LogP contribution < -0.4 is 5.32 Å². The highest BCUT2D eigenvalue weighted by atomic mass is 16.4. The summed E-state index contributed by atoms with van der Waals surface area (Å²) in [6, 6.07) is 6.11. The Morgan fingerprint density at radius 2 is 2.00 bits per heavy atom. The summed E-state index contributed by atoms with van der Waals surface area (Å²) in [6.07, 6.45) is 3.42. The number of hydrogen-bond donors (Lipinski definition) is 2. The minimum atomic E-state index is -1.12. The van der Waals surface area contributed by atoms with Crippen molar-refractivity contribution in [2.45, 2.75) is 6.54 Å². The molecule has 1 aromatic heterocycles. The molecule has 0 radical (unpaired) electrons. The average molecular weight is 259 g/mol. The Balaban J connectivity index is 2.10. The zero-order valence-electron chi connectivity index (χ0n) is 10.3. The van der Waals surface area contributed by atoms with Gasteiger partial charge in [0.25, 0.3) is 5.91 Å². The number of carboxylic acids is 1. The van der Waals surface area contributed by atoms with Gasteiger partial charge in [0, 0.05) is 25.4 Å². The molecule has 98 valence electrons. The standard InChI is InChI=1S/C13H13N3O3/c1-16-8-9(7-15-16)6-14-12(17)10-4-2-3-5-11(10)13(18)19/h2-5,7-8H,6H2,1H3,(H,14,17)(H,18,19). The summed E-state index contributed by atoms with van der Waals surface area (Å²) in [7, 11) is 1.78. The van der Waals surface area contributed by atoms with Gasteiger partial charge >= 0.3 is 5.97 Å². The maximum Gasteiger partial charge on any atom is 0.336 e. The molecule has 0 aliphatic heterocycles. The lowest BCUT2D eigenvalue weighted by molar-refractivity contribution is 0.0691. The van der Waals surface area contributed by atoms with Crippen LogP contribution in [0.3, 0.4) is 0 Å². The van der Waals surface area contributed by atoms with Gasteiger partial charge in [-0.1, -0.05) is 12.1 Å². The number of carbonyl (C=O) groups excluding carboxylic acids is 1. The molecule has 0 saturated carbocycles. The molecule has 0 bridgehead atoms. The van der Waals surface area contributed by atoms with Gasteiger partial charge in [0.05, 0.1) is 17.3 Å². The number of amides is 1. The number of carboxylic acid groups (broad SMARTS) is 1. The van der Waals surface area contributed by atoms with Crippen molar-refractivity contribution in [3.63, 3.8) is 0 Å². The highest BCUT2D eigenvalue weighted by Gasteiger charge is 2.15. The second kappa shape index (κ2) is 5.34. The number of aromatic carboxylic acids is 1. The number of nitrogens with zero attached hydrogens (tertiary/aromatic N) is 2. The SMILES string of the molecule is Cn1cc(CNC(=O)c2ccccc2C(=O)O)cn1. The van der Waals surface area contributed by atoms with Gasteiger partial charge in [-0.25, -0.2) is 4.79 Å². The van der Waals surface area contributed by atoms with Crippen molar-refractivity contribution in [2.24, 2.45) is 7.05 Å². The Labute approximate surface area is 109 Å². The molecule has 2 rings (SSSR count). The van der Waals surface area contributed by atoms with Crippen LogP contribution in [0.25, 0.3) is 0 Å². The molecular weight excluding hydrogens is 246 g/mol. The molecular formula is C13H13N3O3. The van der Waals surface area contributed by atoms with Gasteiger partial charge in [-0.2, -0.15) is 5.10 Å². The molecule has 0 fully saturated rings. The minimum absolute atomic E-state index is 0.00816. The lowest BCUT2D eigenvalue weighted by atomic mass is 10.1. The highest BCUT2D eigenvalue weighted by molar-refractivity contribution is 6.04. The van der Waals surface area contributed by atoms with E-state index < -0.39 is 11.9 Å². The first-order valence-electron chi connectivity index (χ1n) is 5.66. The Kier molecular flexibility index (Phi) is 3.61. The summed E-state index contributed by atoms with van der Waals surface area (Å²) in [5, 5.41) is 15.7. The van der Waals surface area contributed by atoms with Crippen LogP contribution in [0.2, 0.25) is 0 Å². The third-order valence-electron chi connectivity index (χ3n) is 2.61. The lowest BCUT2D eigenvalue weighted by Crippen LogP contribution is -2.24. The third-order valence-corrected chi connectivity index (χ3v) is 2.61. The number of benzene rings is 1. The molecule has 0 unspecified atom stereocenters. The summed E-state index contributed by atoms with van der Waals surface area (Å²) < 4.78 is 1.63. The first-order valence-corrected chi connectivity index (χ1v) is 5.66. The van der Waals surface area contributed by atoms with Crippen molar-refractivity contribution < 1.29 is 14.7 Å². The largest absolute Gasteiger partial charge is 0.478 e. The molecule has 0 spiro atoms. The van der Waals surface area contributed by atoms with Crippen LogP contribution in [0.4, 0.5) is 0 Å². The molecule has 2 N–H and O–H groups in total. The zero-order valence-corrected chi connectivity index (χ0v) is 10.3. The van der Waals surface area contributed by atoms with Crippen molar-refractivity contribution in [2.75, 3.05) is 0 Å². The zero-order chi connectivity index (χ0) is 13.8. The number of carbonyl (C=O) groups is 2. The van der Waals surface area contributed by atoms with Crippen LogP contribution in [0.15, 0.2) is 36.7 Å². The second-order valence-corrected chi connectivity index (χ2v) is 4.06. The van der Waals surface area contributed by atoms with Gasteiger partial charge in [0.1, 0.15) is 0 Å². The number of aryl methyl sites for hydroxylation is 1. The topological polar surface area (TPSA) is 84.2 Å². The van der Waals surface area contributed by atoms with Gasteiger partial charge in [0.15, 0.2) is 0 Å². The smallest absolute Gasteiger partial charge is 0.336 e. The molecule has 0 saturated heterocycles. The second-order valence-electron chi connectivity index (χ2n) is 4.06. The summed E-state index contributed by atoms with van der Waals surface area (Å²) >= 11 is 0. The Bertz CT molecular complexity index is 619. The fourth-order valence-corrected chi connectivity index (χ4v) is 1.71. The van der Waals surface area contributed by atoms with Crippen LogP contribution in [0, 0.1) is 0 Å². The Morgan fingerprint density at radius 3 is 2.58 bits per heavy atom. The van der Waals surface area contributed by atoms with E-state index in [1.807, 2.05) is 0 Å². The maximum atomic E-state index is 11.9. The molecule has 19 heavy (non-hydrogen) atoms. The van der Waals surface area contributed by atoms with Crippen molar-refractivity contribution in [1.29, 1.82) is 0 Å². The van der Waals surface area contributed by atoms with E-state index in [0.717, 1.165) is 5.56 Å². The van der Waals surface area contributed by atoms with Crippen molar-refractivity contribution in [1.82, 2.24) is 15.1 Å². The number of rotatable bonds is 4. The van der Waals surface area contributed by atoms with Crippen molar-refractivity contribution >= 4 is 11.9 Å². The van der Waals surface area contributed by atoms with Gasteiger partial charge in [-0.3, -0.25) is 9.48 Å². The molecule has 6 nitrogen and oxygen atoms in total. The summed E-state index contributed by atoms with van der Waals surface area (Å²) in [4.78, 5) is 23.0. The van der Waals surface area contributed by atoms with E-state index in [2.05, 4.69) is 10.4 Å². The fraction of sp³-hybridized carbons (Fsp3) is 0.154.